The molecule has 0 bridgehead atoms. The highest BCUT2D eigenvalue weighted by Crippen LogP contribution is 2.19. The minimum Gasteiger partial charge on any atom is -0.352 e. The van der Waals surface area contributed by atoms with E-state index in [0.717, 1.165) is 0 Å². The van der Waals surface area contributed by atoms with E-state index in [1.54, 1.807) is 49.8 Å². The fourth-order valence-corrected chi connectivity index (χ4v) is 4.11. The van der Waals surface area contributed by atoms with E-state index in [-0.39, 0.29) is 22.1 Å². The van der Waals surface area contributed by atoms with Crippen LogP contribution in [0.5, 0.6) is 0 Å². The molecule has 0 spiro atoms. The Bertz CT molecular complexity index is 1210. The Morgan fingerprint density at radius 1 is 1.07 bits per heavy atom. The quantitative estimate of drug-likeness (QED) is 0.644. The smallest absolute Gasteiger partial charge is 0.296 e. The van der Waals surface area contributed by atoms with Crippen LogP contribution in [0.25, 0.3) is 5.69 Å². The maximum Gasteiger partial charge on any atom is 0.296 e. The zero-order valence-corrected chi connectivity index (χ0v) is 17.2. The van der Waals surface area contributed by atoms with Crippen LogP contribution in [0.4, 0.5) is 5.69 Å². The number of aromatic nitrogens is 2. The minimum absolute atomic E-state index is 0.0419. The Morgan fingerprint density at radius 3 is 2.41 bits per heavy atom. The van der Waals surface area contributed by atoms with E-state index in [1.165, 1.54) is 28.9 Å². The van der Waals surface area contributed by atoms with Gasteiger partial charge in [-0.15, -0.1) is 0 Å². The number of hydrogen-bond donors (Lipinski definition) is 2. The third kappa shape index (κ3) is 3.95. The van der Waals surface area contributed by atoms with Crippen LogP contribution in [0.2, 0.25) is 0 Å². The number of sulfonamides is 1. The summed E-state index contributed by atoms with van der Waals surface area (Å²) in [7, 11) is -2.39. The van der Waals surface area contributed by atoms with Crippen molar-refractivity contribution in [3.05, 3.63) is 76.2 Å². The molecule has 1 heterocycles. The van der Waals surface area contributed by atoms with Crippen LogP contribution in [0.3, 0.4) is 0 Å². The van der Waals surface area contributed by atoms with Gasteiger partial charge in [-0.2, -0.15) is 0 Å². The van der Waals surface area contributed by atoms with Gasteiger partial charge in [0.05, 0.1) is 16.3 Å². The largest absolute Gasteiger partial charge is 0.352 e. The molecule has 9 heteroatoms. The number of benzene rings is 2. The molecule has 152 valence electrons. The maximum atomic E-state index is 12.9. The van der Waals surface area contributed by atoms with Gasteiger partial charge in [0, 0.05) is 19.2 Å². The second-order valence-electron chi connectivity index (χ2n) is 6.43. The molecular weight excluding hydrogens is 392 g/mol. The molecule has 0 aliphatic heterocycles. The molecule has 29 heavy (non-hydrogen) atoms. The summed E-state index contributed by atoms with van der Waals surface area (Å²) in [5, 5.41) is 2.63. The van der Waals surface area contributed by atoms with Crippen LogP contribution in [-0.2, 0) is 17.1 Å². The highest BCUT2D eigenvalue weighted by Gasteiger charge is 2.23. The lowest BCUT2D eigenvalue weighted by atomic mass is 10.2. The van der Waals surface area contributed by atoms with E-state index >= 15 is 0 Å². The Balaban J connectivity index is 2.01. The number of carbonyl (C=O) groups excluding carboxylic acids is 1. The van der Waals surface area contributed by atoms with E-state index < -0.39 is 15.6 Å². The van der Waals surface area contributed by atoms with Crippen molar-refractivity contribution in [3.63, 3.8) is 0 Å². The summed E-state index contributed by atoms with van der Waals surface area (Å²) in [5.74, 6) is -0.369. The van der Waals surface area contributed by atoms with Crippen LogP contribution in [0.1, 0.15) is 23.0 Å². The Kier molecular flexibility index (Phi) is 5.60. The molecule has 0 unspecified atom stereocenters. The summed E-state index contributed by atoms with van der Waals surface area (Å²) in [6, 6.07) is 14.6. The zero-order chi connectivity index (χ0) is 21.2. The number of rotatable bonds is 6. The van der Waals surface area contributed by atoms with Crippen molar-refractivity contribution in [3.8, 4) is 5.69 Å². The van der Waals surface area contributed by atoms with Crippen molar-refractivity contribution in [1.82, 2.24) is 14.7 Å². The van der Waals surface area contributed by atoms with Crippen molar-refractivity contribution in [2.75, 3.05) is 11.3 Å². The van der Waals surface area contributed by atoms with Crippen LogP contribution < -0.4 is 15.6 Å². The van der Waals surface area contributed by atoms with E-state index in [9.17, 15) is 18.0 Å². The van der Waals surface area contributed by atoms with Gasteiger partial charge in [-0.3, -0.25) is 19.0 Å². The Labute approximate surface area is 168 Å². The lowest BCUT2D eigenvalue weighted by Gasteiger charge is -2.09. The van der Waals surface area contributed by atoms with Crippen molar-refractivity contribution in [1.29, 1.82) is 0 Å². The molecule has 3 aromatic rings. The molecule has 8 nitrogen and oxygen atoms in total. The molecule has 0 atom stereocenters. The monoisotopic (exact) mass is 414 g/mol. The van der Waals surface area contributed by atoms with Gasteiger partial charge in [-0.05, 0) is 44.2 Å². The van der Waals surface area contributed by atoms with Crippen molar-refractivity contribution in [2.24, 2.45) is 7.05 Å². The third-order valence-electron chi connectivity index (χ3n) is 4.53. The fourth-order valence-electron chi connectivity index (χ4n) is 2.95. The number of hydrogen-bond acceptors (Lipinski definition) is 4. The highest BCUT2D eigenvalue weighted by atomic mass is 32.2. The van der Waals surface area contributed by atoms with Crippen LogP contribution >= 0.6 is 0 Å². The number of amides is 1. The fraction of sp³-hybridized carbons (Fsp3) is 0.200. The van der Waals surface area contributed by atoms with Crippen LogP contribution in [-0.4, -0.2) is 30.2 Å². The first-order valence-electron chi connectivity index (χ1n) is 9.01. The molecule has 0 aliphatic rings. The molecule has 0 aliphatic carbocycles. The summed E-state index contributed by atoms with van der Waals surface area (Å²) in [6.07, 6.45) is 0. The number of carbonyl (C=O) groups is 1. The van der Waals surface area contributed by atoms with E-state index in [4.69, 9.17) is 0 Å². The standard InChI is InChI=1S/C20H22N4O4S/c1-4-21-19(25)15-9-8-12-17(13-15)29(27,28)22-18-14(2)23(3)24(20(18)26)16-10-6-5-7-11-16/h5-13,22H,4H2,1-3H3,(H,21,25). The minimum atomic E-state index is -4.07. The molecular formula is C20H22N4O4S. The molecule has 2 aromatic carbocycles. The summed E-state index contributed by atoms with van der Waals surface area (Å²) in [5.41, 5.74) is 0.773. The van der Waals surface area contributed by atoms with Gasteiger partial charge < -0.3 is 5.32 Å². The van der Waals surface area contributed by atoms with Crippen LogP contribution in [0.15, 0.2) is 64.3 Å². The summed E-state index contributed by atoms with van der Waals surface area (Å²) < 4.78 is 31.1. The zero-order valence-electron chi connectivity index (χ0n) is 16.3. The molecule has 0 saturated carbocycles. The lowest BCUT2D eigenvalue weighted by Crippen LogP contribution is -2.24. The summed E-state index contributed by atoms with van der Waals surface area (Å²) in [4.78, 5) is 24.8. The second kappa shape index (κ2) is 7.96. The number of nitrogens with one attached hydrogen (secondary N) is 2. The molecule has 2 N–H and O–H groups in total. The van der Waals surface area contributed by atoms with E-state index in [2.05, 4.69) is 10.0 Å². The van der Waals surface area contributed by atoms with Gasteiger partial charge in [-0.25, -0.2) is 13.1 Å². The molecule has 1 aromatic heterocycles. The molecule has 0 fully saturated rings. The predicted octanol–water partition coefficient (Wildman–Crippen LogP) is 2.03. The topological polar surface area (TPSA) is 102 Å². The normalized spacial score (nSPS) is 11.3. The van der Waals surface area contributed by atoms with Gasteiger partial charge in [0.1, 0.15) is 5.69 Å². The molecule has 3 rings (SSSR count). The Morgan fingerprint density at radius 2 is 1.76 bits per heavy atom. The molecule has 0 radical (unpaired) electrons. The summed E-state index contributed by atoms with van der Waals surface area (Å²) >= 11 is 0. The van der Waals surface area contributed by atoms with E-state index in [1.807, 2.05) is 6.07 Å². The molecule has 1 amide bonds. The Hall–Kier alpha value is -3.33. The first-order chi connectivity index (χ1) is 13.8. The lowest BCUT2D eigenvalue weighted by molar-refractivity contribution is 0.0955. The highest BCUT2D eigenvalue weighted by molar-refractivity contribution is 7.92. The molecule has 0 saturated heterocycles. The number of anilines is 1. The maximum absolute atomic E-state index is 12.9. The van der Waals surface area contributed by atoms with Gasteiger partial charge in [0.25, 0.3) is 21.5 Å². The second-order valence-corrected chi connectivity index (χ2v) is 8.11. The average Bonchev–Trinajstić information content (AvgIpc) is 2.92. The SMILES string of the molecule is CCNC(=O)c1cccc(S(=O)(=O)Nc2c(C)n(C)n(-c3ccccc3)c2=O)c1. The van der Waals surface area contributed by atoms with E-state index in [0.29, 0.717) is 17.9 Å². The predicted molar refractivity (Wildman–Crippen MR) is 111 cm³/mol. The summed E-state index contributed by atoms with van der Waals surface area (Å²) in [6.45, 7) is 3.86. The first-order valence-corrected chi connectivity index (χ1v) is 10.5. The van der Waals surface area contributed by atoms with Gasteiger partial charge in [0.2, 0.25) is 0 Å². The van der Waals surface area contributed by atoms with Crippen molar-refractivity contribution >= 4 is 21.6 Å². The number of nitrogens with zero attached hydrogens (tertiary/aromatic N) is 2. The van der Waals surface area contributed by atoms with Crippen molar-refractivity contribution < 1.29 is 13.2 Å². The van der Waals surface area contributed by atoms with Gasteiger partial charge >= 0.3 is 0 Å². The van der Waals surface area contributed by atoms with Crippen LogP contribution in [0, 0.1) is 6.92 Å². The van der Waals surface area contributed by atoms with Crippen molar-refractivity contribution in [2.45, 2.75) is 18.7 Å². The first kappa shape index (κ1) is 20.4. The third-order valence-corrected chi connectivity index (χ3v) is 5.88. The number of para-hydroxylation sites is 1. The average molecular weight is 414 g/mol. The van der Waals surface area contributed by atoms with Gasteiger partial charge in [-0.1, -0.05) is 24.3 Å². The van der Waals surface area contributed by atoms with Gasteiger partial charge in [0.15, 0.2) is 0 Å².